The lowest BCUT2D eigenvalue weighted by Gasteiger charge is -2.31. The maximum Gasteiger partial charge on any atom is 0.459 e. The van der Waals surface area contributed by atoms with Crippen LogP contribution in [0.15, 0.2) is 52.5 Å². The number of carbonyl (C=O) groups is 2. The smallest absolute Gasteiger partial charge is 0.459 e. The Morgan fingerprint density at radius 2 is 1.98 bits per heavy atom. The second kappa shape index (κ2) is 13.8. The first-order valence-electron chi connectivity index (χ1n) is 13.0. The van der Waals surface area contributed by atoms with E-state index >= 15 is 0 Å². The van der Waals surface area contributed by atoms with E-state index in [0.717, 1.165) is 4.57 Å². The predicted octanol–water partition coefficient (Wildman–Crippen LogP) is 3.25. The SMILES string of the molecule is CCC(=O)O[C@@H]1[C@@H](COP(=O)(N[C@@H](C)C(=O)OC(C)C)Oc2ccccc2)O[C@@H](n2ccc(N)nc2=O)[C@]1(C)N=[N+]=[N-]. The second-order valence-electron chi connectivity index (χ2n) is 9.78. The van der Waals surface area contributed by atoms with E-state index in [1.165, 1.54) is 38.2 Å². The number of nitrogens with two attached hydrogens (primary N) is 1. The molecule has 17 heteroatoms. The lowest BCUT2D eigenvalue weighted by atomic mass is 9.93. The van der Waals surface area contributed by atoms with E-state index in [0.29, 0.717) is 0 Å². The third-order valence-electron chi connectivity index (χ3n) is 6.06. The molecule has 0 bridgehead atoms. The van der Waals surface area contributed by atoms with Crippen molar-refractivity contribution < 1.29 is 37.4 Å². The van der Waals surface area contributed by atoms with Crippen LogP contribution in [0.3, 0.4) is 0 Å². The molecule has 228 valence electrons. The van der Waals surface area contributed by atoms with Gasteiger partial charge in [-0.1, -0.05) is 30.2 Å². The van der Waals surface area contributed by atoms with Crippen molar-refractivity contribution >= 4 is 25.5 Å². The molecule has 2 heterocycles. The Kier molecular flexibility index (Phi) is 10.7. The number of carbonyl (C=O) groups excluding carboxylic acids is 2. The average molecular weight is 608 g/mol. The Bertz CT molecular complexity index is 1420. The molecule has 1 saturated heterocycles. The van der Waals surface area contributed by atoms with Crippen molar-refractivity contribution in [1.29, 1.82) is 0 Å². The maximum atomic E-state index is 14.0. The quantitative estimate of drug-likeness (QED) is 0.110. The van der Waals surface area contributed by atoms with E-state index in [-0.39, 0.29) is 18.0 Å². The zero-order valence-electron chi connectivity index (χ0n) is 23.8. The number of nitrogen functional groups attached to an aromatic ring is 1. The van der Waals surface area contributed by atoms with Gasteiger partial charge in [0.2, 0.25) is 0 Å². The Morgan fingerprint density at radius 3 is 2.57 bits per heavy atom. The minimum atomic E-state index is -4.35. The standard InChI is InChI=1S/C25H34N7O9P/c1-6-20(33)40-21-18(39-23(25(21,5)30-31-27)32-13-12-19(26)28-24(32)35)14-37-42(36,41-17-10-8-7-9-11-17)29-16(4)22(34)38-15(2)3/h7-13,15-16,18,21,23H,6,14H2,1-5H3,(H,29,36)(H2,26,28,35)/t16-,18+,21+,23+,25+,42?/m0/s1. The summed E-state index contributed by atoms with van der Waals surface area (Å²) in [5, 5.41) is 6.39. The van der Waals surface area contributed by atoms with Gasteiger partial charge in [-0.2, -0.15) is 10.1 Å². The number of azide groups is 1. The van der Waals surface area contributed by atoms with Crippen LogP contribution >= 0.6 is 7.75 Å². The molecule has 1 unspecified atom stereocenters. The molecule has 1 aromatic carbocycles. The summed E-state index contributed by atoms with van der Waals surface area (Å²) in [5.74, 6) is -1.26. The molecule has 0 aliphatic carbocycles. The fourth-order valence-corrected chi connectivity index (χ4v) is 5.60. The number of nitrogens with zero attached hydrogens (tertiary/aromatic N) is 5. The first kappa shape index (κ1) is 32.6. The third kappa shape index (κ3) is 7.87. The monoisotopic (exact) mass is 607 g/mol. The van der Waals surface area contributed by atoms with Crippen LogP contribution in [0.2, 0.25) is 0 Å². The summed E-state index contributed by atoms with van der Waals surface area (Å²) in [5.41, 5.74) is 12.5. The van der Waals surface area contributed by atoms with Crippen LogP contribution in [0.1, 0.15) is 47.3 Å². The van der Waals surface area contributed by atoms with Gasteiger partial charge < -0.3 is 24.5 Å². The van der Waals surface area contributed by atoms with Gasteiger partial charge in [0.15, 0.2) is 6.23 Å². The number of hydrogen-bond donors (Lipinski definition) is 2. The lowest BCUT2D eigenvalue weighted by Crippen LogP contribution is -2.47. The number of nitrogens with one attached hydrogen (secondary N) is 1. The van der Waals surface area contributed by atoms with Crippen LogP contribution in [0.4, 0.5) is 5.82 Å². The number of benzene rings is 1. The van der Waals surface area contributed by atoms with Crippen LogP contribution in [-0.4, -0.2) is 58.0 Å². The molecule has 3 rings (SSSR count). The Morgan fingerprint density at radius 1 is 1.29 bits per heavy atom. The molecule has 0 radical (unpaired) electrons. The average Bonchev–Trinajstić information content (AvgIpc) is 3.18. The Balaban J connectivity index is 1.97. The zero-order valence-corrected chi connectivity index (χ0v) is 24.7. The van der Waals surface area contributed by atoms with E-state index in [2.05, 4.69) is 20.1 Å². The highest BCUT2D eigenvalue weighted by atomic mass is 31.2. The molecule has 0 amide bonds. The van der Waals surface area contributed by atoms with Crippen LogP contribution in [0, 0.1) is 0 Å². The topological polar surface area (TPSA) is 219 Å². The predicted molar refractivity (Wildman–Crippen MR) is 149 cm³/mol. The minimum absolute atomic E-state index is 0.0306. The molecule has 6 atom stereocenters. The van der Waals surface area contributed by atoms with Gasteiger partial charge in [0.05, 0.1) is 12.7 Å². The summed E-state index contributed by atoms with van der Waals surface area (Å²) in [6.07, 6.45) is -3.06. The van der Waals surface area contributed by atoms with Crippen molar-refractivity contribution in [2.75, 3.05) is 12.3 Å². The zero-order chi connectivity index (χ0) is 31.1. The number of para-hydroxylation sites is 1. The molecule has 0 spiro atoms. The Labute approximate surface area is 241 Å². The van der Waals surface area contributed by atoms with Gasteiger partial charge >= 0.3 is 25.4 Å². The second-order valence-corrected chi connectivity index (χ2v) is 11.5. The van der Waals surface area contributed by atoms with Gasteiger partial charge in [-0.25, -0.2) is 9.36 Å². The normalized spacial score (nSPS) is 23.8. The third-order valence-corrected chi connectivity index (χ3v) is 7.71. The van der Waals surface area contributed by atoms with Gasteiger partial charge in [0, 0.05) is 17.5 Å². The number of anilines is 1. The van der Waals surface area contributed by atoms with Crippen molar-refractivity contribution in [3.05, 3.63) is 63.5 Å². The number of aromatic nitrogens is 2. The minimum Gasteiger partial charge on any atom is -0.462 e. The molecule has 1 aliphatic heterocycles. The highest BCUT2D eigenvalue weighted by Gasteiger charge is 2.57. The van der Waals surface area contributed by atoms with Crippen LogP contribution in [-0.2, 0) is 32.9 Å². The van der Waals surface area contributed by atoms with Crippen LogP contribution < -0.4 is 21.0 Å². The van der Waals surface area contributed by atoms with E-state index < -0.39 is 68.1 Å². The molecular formula is C25H34N7O9P. The summed E-state index contributed by atoms with van der Waals surface area (Å²) >= 11 is 0. The summed E-state index contributed by atoms with van der Waals surface area (Å²) in [7, 11) is -4.35. The lowest BCUT2D eigenvalue weighted by molar-refractivity contribution is -0.154. The number of hydrogen-bond acceptors (Lipinski definition) is 12. The van der Waals surface area contributed by atoms with Crippen LogP contribution in [0.25, 0.3) is 10.4 Å². The van der Waals surface area contributed by atoms with Crippen molar-refractivity contribution in [3.63, 3.8) is 0 Å². The molecule has 1 aromatic heterocycles. The number of esters is 2. The maximum absolute atomic E-state index is 14.0. The fourth-order valence-electron chi connectivity index (χ4n) is 4.10. The first-order chi connectivity index (χ1) is 19.8. The molecule has 2 aromatic rings. The molecule has 42 heavy (non-hydrogen) atoms. The van der Waals surface area contributed by atoms with Gasteiger partial charge in [-0.05, 0) is 51.4 Å². The molecule has 1 fully saturated rings. The summed E-state index contributed by atoms with van der Waals surface area (Å²) in [6, 6.07) is 8.28. The largest absolute Gasteiger partial charge is 0.462 e. The van der Waals surface area contributed by atoms with Crippen molar-refractivity contribution in [2.24, 2.45) is 5.11 Å². The van der Waals surface area contributed by atoms with Gasteiger partial charge in [0.1, 0.15) is 35.4 Å². The van der Waals surface area contributed by atoms with E-state index in [9.17, 15) is 24.5 Å². The summed E-state index contributed by atoms with van der Waals surface area (Å²) in [6.45, 7) is 7.17. The summed E-state index contributed by atoms with van der Waals surface area (Å²) < 4.78 is 43.2. The van der Waals surface area contributed by atoms with E-state index in [1.807, 2.05) is 0 Å². The first-order valence-corrected chi connectivity index (χ1v) is 14.6. The summed E-state index contributed by atoms with van der Waals surface area (Å²) in [4.78, 5) is 44.2. The molecule has 16 nitrogen and oxygen atoms in total. The molecule has 0 saturated carbocycles. The van der Waals surface area contributed by atoms with Crippen LogP contribution in [0.5, 0.6) is 5.75 Å². The van der Waals surface area contributed by atoms with E-state index in [1.54, 1.807) is 39.0 Å². The molecule has 1 aliphatic rings. The molecular weight excluding hydrogens is 573 g/mol. The van der Waals surface area contributed by atoms with Crippen molar-refractivity contribution in [1.82, 2.24) is 14.6 Å². The highest BCUT2D eigenvalue weighted by Crippen LogP contribution is 2.48. The highest BCUT2D eigenvalue weighted by molar-refractivity contribution is 7.52. The van der Waals surface area contributed by atoms with E-state index in [4.69, 9.17) is 29.0 Å². The number of ether oxygens (including phenoxy) is 3. The van der Waals surface area contributed by atoms with Crippen molar-refractivity contribution in [2.45, 2.75) is 77.2 Å². The van der Waals surface area contributed by atoms with Crippen molar-refractivity contribution in [3.8, 4) is 5.75 Å². The fraction of sp³-hybridized carbons (Fsp3) is 0.520. The Hall–Kier alpha value is -3.94. The van der Waals surface area contributed by atoms with Gasteiger partial charge in [-0.3, -0.25) is 18.7 Å². The van der Waals surface area contributed by atoms with Gasteiger partial charge in [-0.15, -0.1) is 0 Å². The number of rotatable bonds is 13. The van der Waals surface area contributed by atoms with Gasteiger partial charge in [0.25, 0.3) is 0 Å². The molecule has 3 N–H and O–H groups in total.